The van der Waals surface area contributed by atoms with Gasteiger partial charge < -0.3 is 5.32 Å². The monoisotopic (exact) mass is 407 g/mol. The first kappa shape index (κ1) is 20.5. The molecular weight excluding hydrogens is 386 g/mol. The van der Waals surface area contributed by atoms with Crippen molar-refractivity contribution in [2.75, 3.05) is 11.1 Å². The summed E-state index contributed by atoms with van der Waals surface area (Å²) >= 11 is 0. The number of amides is 1. The van der Waals surface area contributed by atoms with Crippen LogP contribution in [0.2, 0.25) is 0 Å². The number of sulfone groups is 1. The minimum absolute atomic E-state index is 0.217. The van der Waals surface area contributed by atoms with Gasteiger partial charge >= 0.3 is 0 Å². The molecule has 0 fully saturated rings. The molecule has 3 rings (SSSR count). The van der Waals surface area contributed by atoms with Gasteiger partial charge in [-0.15, -0.1) is 0 Å². The van der Waals surface area contributed by atoms with Gasteiger partial charge in [0.25, 0.3) is 0 Å². The summed E-state index contributed by atoms with van der Waals surface area (Å²) in [6, 6.07) is 22.5. The average molecular weight is 407 g/mol. The number of benzene rings is 3. The molecule has 0 aliphatic carbocycles. The quantitative estimate of drug-likeness (QED) is 0.605. The summed E-state index contributed by atoms with van der Waals surface area (Å²) in [6.45, 7) is 1.84. The molecule has 0 atom stereocenters. The highest BCUT2D eigenvalue weighted by Crippen LogP contribution is 2.21. The smallest absolute Gasteiger partial charge is 0.239 e. The molecule has 0 aliphatic heterocycles. The molecule has 0 unspecified atom stereocenters. The average Bonchev–Trinajstić information content (AvgIpc) is 2.69. The van der Waals surface area contributed by atoms with Crippen LogP contribution in [0.15, 0.2) is 78.9 Å². The van der Waals surface area contributed by atoms with E-state index in [2.05, 4.69) is 5.32 Å². The van der Waals surface area contributed by atoms with Gasteiger partial charge in [-0.05, 0) is 24.6 Å². The molecule has 1 N–H and O–H groups in total. The van der Waals surface area contributed by atoms with Crippen LogP contribution in [0.1, 0.15) is 27.0 Å². The number of carbonyl (C=O) groups excluding carboxylic acids is 2. The van der Waals surface area contributed by atoms with E-state index < -0.39 is 21.5 Å². The molecular formula is C23H21NO4S. The van der Waals surface area contributed by atoms with Gasteiger partial charge in [0.15, 0.2) is 15.6 Å². The standard InChI is InChI=1S/C23H21NO4S/c1-17-12-13-21(20(14-17)23(26)19-10-6-3-7-11-19)24-22(25)16-29(27,28)15-18-8-4-2-5-9-18/h2-14H,15-16H2,1H3,(H,24,25). The maximum atomic E-state index is 12.9. The highest BCUT2D eigenvalue weighted by molar-refractivity contribution is 7.91. The molecule has 0 saturated heterocycles. The molecule has 5 nitrogen and oxygen atoms in total. The molecule has 0 aromatic heterocycles. The third-order valence-corrected chi connectivity index (χ3v) is 5.79. The minimum atomic E-state index is -3.64. The summed E-state index contributed by atoms with van der Waals surface area (Å²) in [5.41, 5.74) is 2.59. The molecule has 0 bridgehead atoms. The van der Waals surface area contributed by atoms with Crippen LogP contribution in [0.5, 0.6) is 0 Å². The summed E-state index contributed by atoms with van der Waals surface area (Å²) in [6.07, 6.45) is 0. The van der Waals surface area contributed by atoms with Crippen molar-refractivity contribution >= 4 is 27.2 Å². The van der Waals surface area contributed by atoms with E-state index in [1.807, 2.05) is 13.0 Å². The Bertz CT molecular complexity index is 1120. The first-order valence-electron chi connectivity index (χ1n) is 9.09. The first-order valence-corrected chi connectivity index (χ1v) is 10.9. The van der Waals surface area contributed by atoms with E-state index in [9.17, 15) is 18.0 Å². The van der Waals surface area contributed by atoms with E-state index in [0.29, 0.717) is 22.4 Å². The van der Waals surface area contributed by atoms with Crippen LogP contribution in [-0.2, 0) is 20.4 Å². The van der Waals surface area contributed by atoms with Crippen LogP contribution in [0.4, 0.5) is 5.69 Å². The number of ketones is 1. The van der Waals surface area contributed by atoms with Gasteiger partial charge in [-0.2, -0.15) is 0 Å². The Morgan fingerprint density at radius 2 is 1.48 bits per heavy atom. The summed E-state index contributed by atoms with van der Waals surface area (Å²) < 4.78 is 24.7. The number of hydrogen-bond acceptors (Lipinski definition) is 4. The number of hydrogen-bond donors (Lipinski definition) is 1. The van der Waals surface area contributed by atoms with Gasteiger partial charge in [0.2, 0.25) is 5.91 Å². The fourth-order valence-electron chi connectivity index (χ4n) is 2.97. The minimum Gasteiger partial charge on any atom is -0.325 e. The zero-order chi connectivity index (χ0) is 20.9. The Morgan fingerprint density at radius 3 is 2.14 bits per heavy atom. The maximum absolute atomic E-state index is 12.9. The first-order chi connectivity index (χ1) is 13.8. The van der Waals surface area contributed by atoms with Crippen LogP contribution in [0, 0.1) is 6.92 Å². The molecule has 0 heterocycles. The molecule has 1 amide bonds. The number of anilines is 1. The van der Waals surface area contributed by atoms with Gasteiger partial charge in [0.1, 0.15) is 5.75 Å². The van der Waals surface area contributed by atoms with Crippen molar-refractivity contribution in [1.82, 2.24) is 0 Å². The molecule has 3 aromatic rings. The predicted octanol–water partition coefficient (Wildman–Crippen LogP) is 3.78. The van der Waals surface area contributed by atoms with Crippen molar-refractivity contribution in [3.63, 3.8) is 0 Å². The molecule has 0 radical (unpaired) electrons. The van der Waals surface area contributed by atoms with Crippen LogP contribution >= 0.6 is 0 Å². The van der Waals surface area contributed by atoms with Crippen LogP contribution in [0.3, 0.4) is 0 Å². The second kappa shape index (κ2) is 8.84. The zero-order valence-electron chi connectivity index (χ0n) is 16.0. The van der Waals surface area contributed by atoms with E-state index >= 15 is 0 Å². The molecule has 3 aromatic carbocycles. The van der Waals surface area contributed by atoms with Crippen molar-refractivity contribution in [3.05, 3.63) is 101 Å². The Labute approximate surface area is 170 Å². The molecule has 148 valence electrons. The van der Waals surface area contributed by atoms with Gasteiger partial charge in [-0.1, -0.05) is 72.3 Å². The number of carbonyl (C=O) groups is 2. The van der Waals surface area contributed by atoms with E-state index in [1.165, 1.54) is 0 Å². The molecule has 29 heavy (non-hydrogen) atoms. The van der Waals surface area contributed by atoms with Gasteiger partial charge in [-0.25, -0.2) is 8.42 Å². The lowest BCUT2D eigenvalue weighted by atomic mass is 10.00. The number of rotatable bonds is 7. The summed E-state index contributed by atoms with van der Waals surface area (Å²) in [4.78, 5) is 25.3. The SMILES string of the molecule is Cc1ccc(NC(=O)CS(=O)(=O)Cc2ccccc2)c(C(=O)c2ccccc2)c1. The van der Waals surface area contributed by atoms with Gasteiger partial charge in [0.05, 0.1) is 11.4 Å². The molecule has 0 saturated carbocycles. The lowest BCUT2D eigenvalue weighted by Crippen LogP contribution is -2.25. The topological polar surface area (TPSA) is 80.3 Å². The fourth-order valence-corrected chi connectivity index (χ4v) is 4.24. The Balaban J connectivity index is 1.78. The van der Waals surface area contributed by atoms with Crippen LogP contribution in [-0.4, -0.2) is 25.9 Å². The molecule has 0 aliphatic rings. The highest BCUT2D eigenvalue weighted by atomic mass is 32.2. The summed E-state index contributed by atoms with van der Waals surface area (Å²) in [5.74, 6) is -1.79. The van der Waals surface area contributed by atoms with Crippen molar-refractivity contribution in [2.24, 2.45) is 0 Å². The van der Waals surface area contributed by atoms with Crippen molar-refractivity contribution in [3.8, 4) is 0 Å². The maximum Gasteiger partial charge on any atom is 0.239 e. The second-order valence-electron chi connectivity index (χ2n) is 6.81. The zero-order valence-corrected chi connectivity index (χ0v) is 16.8. The third kappa shape index (κ3) is 5.62. The lowest BCUT2D eigenvalue weighted by Gasteiger charge is -2.12. The van der Waals surface area contributed by atoms with Crippen LogP contribution < -0.4 is 5.32 Å². The van der Waals surface area contributed by atoms with Crippen molar-refractivity contribution in [2.45, 2.75) is 12.7 Å². The largest absolute Gasteiger partial charge is 0.325 e. The fraction of sp³-hybridized carbons (Fsp3) is 0.130. The second-order valence-corrected chi connectivity index (χ2v) is 8.87. The highest BCUT2D eigenvalue weighted by Gasteiger charge is 2.20. The van der Waals surface area contributed by atoms with E-state index in [1.54, 1.807) is 72.8 Å². The Morgan fingerprint density at radius 1 is 0.862 bits per heavy atom. The Hall–Kier alpha value is -3.25. The predicted molar refractivity (Wildman–Crippen MR) is 114 cm³/mol. The van der Waals surface area contributed by atoms with Crippen LogP contribution in [0.25, 0.3) is 0 Å². The number of nitrogens with one attached hydrogen (secondary N) is 1. The van der Waals surface area contributed by atoms with Gasteiger partial charge in [0, 0.05) is 11.1 Å². The summed E-state index contributed by atoms with van der Waals surface area (Å²) in [7, 11) is -3.64. The summed E-state index contributed by atoms with van der Waals surface area (Å²) in [5, 5.41) is 2.59. The van der Waals surface area contributed by atoms with E-state index in [-0.39, 0.29) is 11.5 Å². The Kier molecular flexibility index (Phi) is 6.24. The van der Waals surface area contributed by atoms with Crippen molar-refractivity contribution < 1.29 is 18.0 Å². The van der Waals surface area contributed by atoms with E-state index in [4.69, 9.17) is 0 Å². The van der Waals surface area contributed by atoms with E-state index in [0.717, 1.165) is 5.56 Å². The third-order valence-electron chi connectivity index (χ3n) is 4.31. The van der Waals surface area contributed by atoms with Gasteiger partial charge in [-0.3, -0.25) is 9.59 Å². The molecule has 6 heteroatoms. The number of aryl methyl sites for hydroxylation is 1. The lowest BCUT2D eigenvalue weighted by molar-refractivity contribution is -0.113. The normalized spacial score (nSPS) is 11.1. The molecule has 0 spiro atoms. The van der Waals surface area contributed by atoms with Crippen molar-refractivity contribution in [1.29, 1.82) is 0 Å².